The fraction of sp³-hybridized carbons (Fsp3) is 0.818. The highest BCUT2D eigenvalue weighted by Gasteiger charge is 2.26. The van der Waals surface area contributed by atoms with Crippen molar-refractivity contribution in [3.05, 3.63) is 10.6 Å². The quantitative estimate of drug-likeness (QED) is 0.594. The van der Waals surface area contributed by atoms with Crippen molar-refractivity contribution in [2.45, 2.75) is 57.9 Å². The molecular formula is C11H19N3S. The molecule has 1 heterocycles. The summed E-state index contributed by atoms with van der Waals surface area (Å²) < 4.78 is 3.03. The van der Waals surface area contributed by atoms with Crippen molar-refractivity contribution in [3.63, 3.8) is 0 Å². The van der Waals surface area contributed by atoms with Crippen molar-refractivity contribution in [2.24, 2.45) is 0 Å². The summed E-state index contributed by atoms with van der Waals surface area (Å²) in [7, 11) is 0. The SMILES string of the molecule is CCCCCCc1n[nH]c(=S)n1C1CC1. The largest absolute Gasteiger partial charge is 0.301 e. The van der Waals surface area contributed by atoms with Gasteiger partial charge in [0, 0.05) is 12.5 Å². The van der Waals surface area contributed by atoms with E-state index in [9.17, 15) is 0 Å². The molecular weight excluding hydrogens is 206 g/mol. The second-order valence-corrected chi connectivity index (χ2v) is 4.74. The molecule has 1 aromatic heterocycles. The van der Waals surface area contributed by atoms with E-state index >= 15 is 0 Å². The second-order valence-electron chi connectivity index (χ2n) is 4.36. The first kappa shape index (κ1) is 10.9. The Bertz CT molecular complexity index is 362. The van der Waals surface area contributed by atoms with Crippen LogP contribution in [0.15, 0.2) is 0 Å². The highest BCUT2D eigenvalue weighted by Crippen LogP contribution is 2.35. The Morgan fingerprint density at radius 2 is 2.20 bits per heavy atom. The van der Waals surface area contributed by atoms with E-state index < -0.39 is 0 Å². The number of nitrogens with one attached hydrogen (secondary N) is 1. The molecule has 84 valence electrons. The first-order valence-corrected chi connectivity index (χ1v) is 6.39. The van der Waals surface area contributed by atoms with Gasteiger partial charge < -0.3 is 4.57 Å². The fourth-order valence-electron chi connectivity index (χ4n) is 1.93. The van der Waals surface area contributed by atoms with E-state index in [4.69, 9.17) is 12.2 Å². The van der Waals surface area contributed by atoms with Crippen molar-refractivity contribution >= 4 is 12.2 Å². The van der Waals surface area contributed by atoms with E-state index in [1.165, 1.54) is 44.3 Å². The minimum absolute atomic E-state index is 0.650. The van der Waals surface area contributed by atoms with Gasteiger partial charge in [0.15, 0.2) is 4.77 Å². The average Bonchev–Trinajstić information content (AvgIpc) is 2.99. The molecule has 4 heteroatoms. The molecule has 1 saturated carbocycles. The predicted octanol–water partition coefficient (Wildman–Crippen LogP) is 3.40. The molecule has 0 aliphatic heterocycles. The summed E-state index contributed by atoms with van der Waals surface area (Å²) in [6, 6.07) is 0.650. The monoisotopic (exact) mass is 225 g/mol. The van der Waals surface area contributed by atoms with E-state index in [0.717, 1.165) is 11.2 Å². The third-order valence-electron chi connectivity index (χ3n) is 2.94. The van der Waals surface area contributed by atoms with Crippen molar-refractivity contribution in [1.29, 1.82) is 0 Å². The normalized spacial score (nSPS) is 15.8. The van der Waals surface area contributed by atoms with Crippen LogP contribution in [0.4, 0.5) is 0 Å². The molecule has 3 nitrogen and oxygen atoms in total. The van der Waals surface area contributed by atoms with Gasteiger partial charge in [-0.3, -0.25) is 5.10 Å². The maximum Gasteiger partial charge on any atom is 0.195 e. The van der Waals surface area contributed by atoms with E-state index in [-0.39, 0.29) is 0 Å². The molecule has 1 aliphatic rings. The summed E-state index contributed by atoms with van der Waals surface area (Å²) in [6.07, 6.45) is 8.78. The van der Waals surface area contributed by atoms with Gasteiger partial charge in [-0.2, -0.15) is 5.10 Å². The molecule has 0 spiro atoms. The summed E-state index contributed by atoms with van der Waals surface area (Å²) in [6.45, 7) is 2.24. The highest BCUT2D eigenvalue weighted by molar-refractivity contribution is 7.71. The number of aryl methyl sites for hydroxylation is 1. The van der Waals surface area contributed by atoms with Gasteiger partial charge in [0.05, 0.1) is 0 Å². The number of hydrogen-bond donors (Lipinski definition) is 1. The van der Waals surface area contributed by atoms with Crippen LogP contribution in [0.1, 0.15) is 57.3 Å². The zero-order valence-corrected chi connectivity index (χ0v) is 10.1. The maximum absolute atomic E-state index is 5.24. The number of hydrogen-bond acceptors (Lipinski definition) is 2. The van der Waals surface area contributed by atoms with Crippen molar-refractivity contribution in [2.75, 3.05) is 0 Å². The zero-order valence-electron chi connectivity index (χ0n) is 9.33. The number of H-pyrrole nitrogens is 1. The third kappa shape index (κ3) is 2.68. The van der Waals surface area contributed by atoms with Crippen LogP contribution in [0, 0.1) is 4.77 Å². The van der Waals surface area contributed by atoms with Crippen LogP contribution in [-0.4, -0.2) is 14.8 Å². The molecule has 0 bridgehead atoms. The third-order valence-corrected chi connectivity index (χ3v) is 3.23. The highest BCUT2D eigenvalue weighted by atomic mass is 32.1. The zero-order chi connectivity index (χ0) is 10.7. The lowest BCUT2D eigenvalue weighted by atomic mass is 10.1. The molecule has 1 fully saturated rings. The lowest BCUT2D eigenvalue weighted by Gasteiger charge is -2.04. The predicted molar refractivity (Wildman–Crippen MR) is 63.5 cm³/mol. The Labute approximate surface area is 95.9 Å². The number of aromatic nitrogens is 3. The Kier molecular flexibility index (Phi) is 3.57. The molecule has 15 heavy (non-hydrogen) atoms. The molecule has 1 aromatic rings. The summed E-state index contributed by atoms with van der Waals surface area (Å²) in [5.74, 6) is 1.17. The van der Waals surface area contributed by atoms with Crippen molar-refractivity contribution < 1.29 is 0 Å². The Morgan fingerprint density at radius 3 is 2.87 bits per heavy atom. The molecule has 0 unspecified atom stereocenters. The molecule has 1 N–H and O–H groups in total. The van der Waals surface area contributed by atoms with Crippen LogP contribution in [0.3, 0.4) is 0 Å². The Morgan fingerprint density at radius 1 is 1.40 bits per heavy atom. The number of nitrogens with zero attached hydrogens (tertiary/aromatic N) is 2. The van der Waals surface area contributed by atoms with Crippen LogP contribution < -0.4 is 0 Å². The Balaban J connectivity index is 1.92. The van der Waals surface area contributed by atoms with Gasteiger partial charge in [0.2, 0.25) is 0 Å². The van der Waals surface area contributed by atoms with Crippen molar-refractivity contribution in [3.8, 4) is 0 Å². The molecule has 2 rings (SSSR count). The van der Waals surface area contributed by atoms with E-state index in [1.807, 2.05) is 0 Å². The Hall–Kier alpha value is -0.640. The summed E-state index contributed by atoms with van der Waals surface area (Å²) in [5.41, 5.74) is 0. The topological polar surface area (TPSA) is 33.6 Å². The van der Waals surface area contributed by atoms with Gasteiger partial charge >= 0.3 is 0 Å². The van der Waals surface area contributed by atoms with Gasteiger partial charge in [0.25, 0.3) is 0 Å². The minimum atomic E-state index is 0.650. The van der Waals surface area contributed by atoms with Crippen LogP contribution in [0.5, 0.6) is 0 Å². The second kappa shape index (κ2) is 4.92. The number of aromatic amines is 1. The minimum Gasteiger partial charge on any atom is -0.301 e. The van der Waals surface area contributed by atoms with E-state index in [1.54, 1.807) is 0 Å². The van der Waals surface area contributed by atoms with Gasteiger partial charge in [-0.15, -0.1) is 0 Å². The van der Waals surface area contributed by atoms with Crippen LogP contribution in [0.25, 0.3) is 0 Å². The summed E-state index contributed by atoms with van der Waals surface area (Å²) in [4.78, 5) is 0. The van der Waals surface area contributed by atoms with E-state index in [2.05, 4.69) is 21.7 Å². The fourth-order valence-corrected chi connectivity index (χ4v) is 2.23. The van der Waals surface area contributed by atoms with Gasteiger partial charge in [-0.1, -0.05) is 26.2 Å². The maximum atomic E-state index is 5.24. The number of rotatable bonds is 6. The van der Waals surface area contributed by atoms with Gasteiger partial charge in [-0.25, -0.2) is 0 Å². The van der Waals surface area contributed by atoms with Gasteiger partial charge in [-0.05, 0) is 31.5 Å². The summed E-state index contributed by atoms with van der Waals surface area (Å²) >= 11 is 5.24. The number of unbranched alkanes of at least 4 members (excludes halogenated alkanes) is 3. The van der Waals surface area contributed by atoms with Crippen LogP contribution in [-0.2, 0) is 6.42 Å². The van der Waals surface area contributed by atoms with Crippen LogP contribution in [0.2, 0.25) is 0 Å². The lowest BCUT2D eigenvalue weighted by molar-refractivity contribution is 0.612. The molecule has 0 aromatic carbocycles. The standard InChI is InChI=1S/C11H19N3S/c1-2-3-4-5-6-10-12-13-11(15)14(10)9-7-8-9/h9H,2-8H2,1H3,(H,13,15). The summed E-state index contributed by atoms with van der Waals surface area (Å²) in [5, 5.41) is 7.24. The first-order chi connectivity index (χ1) is 7.33. The van der Waals surface area contributed by atoms with E-state index in [0.29, 0.717) is 6.04 Å². The molecule has 0 radical (unpaired) electrons. The first-order valence-electron chi connectivity index (χ1n) is 5.98. The smallest absolute Gasteiger partial charge is 0.195 e. The average molecular weight is 225 g/mol. The molecule has 0 atom stereocenters. The molecule has 1 aliphatic carbocycles. The van der Waals surface area contributed by atoms with Crippen molar-refractivity contribution in [1.82, 2.24) is 14.8 Å². The molecule has 0 amide bonds. The van der Waals surface area contributed by atoms with Gasteiger partial charge in [0.1, 0.15) is 5.82 Å². The molecule has 0 saturated heterocycles. The van der Waals surface area contributed by atoms with Crippen LogP contribution >= 0.6 is 12.2 Å². The lowest BCUT2D eigenvalue weighted by Crippen LogP contribution is -2.01.